The van der Waals surface area contributed by atoms with E-state index in [4.69, 9.17) is 10.5 Å². The number of hydrogen-bond donors (Lipinski definition) is 2. The highest BCUT2D eigenvalue weighted by molar-refractivity contribution is 5.15. The van der Waals surface area contributed by atoms with Crippen molar-refractivity contribution in [1.29, 1.82) is 0 Å². The lowest BCUT2D eigenvalue weighted by Gasteiger charge is -2.12. The monoisotopic (exact) mass is 171 g/mol. The van der Waals surface area contributed by atoms with Crippen LogP contribution in [0.25, 0.3) is 0 Å². The molecule has 0 saturated carbocycles. The van der Waals surface area contributed by atoms with Crippen LogP contribution in [-0.4, -0.2) is 18.3 Å². The third-order valence-electron chi connectivity index (χ3n) is 1.76. The SMILES string of the molecule is C=C/C(N)=C(\O)C[C@@H](CC)OC. The molecule has 0 unspecified atom stereocenters. The van der Waals surface area contributed by atoms with Crippen molar-refractivity contribution in [3.05, 3.63) is 24.1 Å². The van der Waals surface area contributed by atoms with Gasteiger partial charge in [-0.2, -0.15) is 0 Å². The van der Waals surface area contributed by atoms with Crippen LogP contribution in [0.4, 0.5) is 0 Å². The molecule has 3 N–H and O–H groups in total. The number of aliphatic hydroxyl groups is 1. The van der Waals surface area contributed by atoms with Crippen molar-refractivity contribution in [2.24, 2.45) is 5.73 Å². The maximum atomic E-state index is 9.35. The molecule has 0 aliphatic heterocycles. The van der Waals surface area contributed by atoms with Crippen LogP contribution in [0, 0.1) is 0 Å². The van der Waals surface area contributed by atoms with Gasteiger partial charge in [-0.3, -0.25) is 0 Å². The Labute approximate surface area is 73.5 Å². The molecule has 0 amide bonds. The summed E-state index contributed by atoms with van der Waals surface area (Å²) < 4.78 is 5.08. The summed E-state index contributed by atoms with van der Waals surface area (Å²) in [6.45, 7) is 5.45. The number of rotatable bonds is 5. The minimum absolute atomic E-state index is 0.0310. The normalized spacial score (nSPS) is 15.2. The molecule has 0 aromatic carbocycles. The lowest BCUT2D eigenvalue weighted by molar-refractivity contribution is 0.0896. The fourth-order valence-electron chi connectivity index (χ4n) is 0.846. The molecule has 0 aromatic heterocycles. The maximum absolute atomic E-state index is 9.35. The van der Waals surface area contributed by atoms with Crippen molar-refractivity contribution in [3.63, 3.8) is 0 Å². The first kappa shape index (κ1) is 11.0. The summed E-state index contributed by atoms with van der Waals surface area (Å²) in [6, 6.07) is 0. The van der Waals surface area contributed by atoms with E-state index in [1.807, 2.05) is 6.92 Å². The highest BCUT2D eigenvalue weighted by Gasteiger charge is 2.08. The number of aliphatic hydroxyl groups excluding tert-OH is 1. The van der Waals surface area contributed by atoms with Gasteiger partial charge in [-0.1, -0.05) is 13.5 Å². The first-order valence-corrected chi connectivity index (χ1v) is 3.98. The average Bonchev–Trinajstić information content (AvgIpc) is 2.12. The largest absolute Gasteiger partial charge is 0.510 e. The topological polar surface area (TPSA) is 55.5 Å². The summed E-state index contributed by atoms with van der Waals surface area (Å²) in [7, 11) is 1.62. The van der Waals surface area contributed by atoms with Gasteiger partial charge in [0.05, 0.1) is 11.8 Å². The minimum Gasteiger partial charge on any atom is -0.510 e. The molecule has 0 heterocycles. The van der Waals surface area contributed by atoms with E-state index in [2.05, 4.69) is 6.58 Å². The highest BCUT2D eigenvalue weighted by Crippen LogP contribution is 2.10. The molecule has 0 fully saturated rings. The van der Waals surface area contributed by atoms with Gasteiger partial charge in [-0.05, 0) is 12.5 Å². The van der Waals surface area contributed by atoms with Crippen LogP contribution < -0.4 is 5.73 Å². The molecule has 0 aliphatic rings. The van der Waals surface area contributed by atoms with E-state index < -0.39 is 0 Å². The average molecular weight is 171 g/mol. The lowest BCUT2D eigenvalue weighted by Crippen LogP contribution is -2.12. The second-order valence-electron chi connectivity index (χ2n) is 2.58. The molecule has 1 atom stereocenters. The zero-order chi connectivity index (χ0) is 9.56. The Hall–Kier alpha value is -0.960. The van der Waals surface area contributed by atoms with Gasteiger partial charge in [-0.25, -0.2) is 0 Å². The zero-order valence-corrected chi connectivity index (χ0v) is 7.71. The third-order valence-corrected chi connectivity index (χ3v) is 1.76. The molecule has 0 spiro atoms. The van der Waals surface area contributed by atoms with Crippen LogP contribution in [0.15, 0.2) is 24.1 Å². The molecule has 3 heteroatoms. The van der Waals surface area contributed by atoms with Crippen LogP contribution in [-0.2, 0) is 4.74 Å². The molecule has 0 rings (SSSR count). The molecule has 0 aromatic rings. The standard InChI is InChI=1S/C9H17NO2/c1-4-7(12-3)6-9(11)8(10)5-2/h5,7,11H,2,4,6,10H2,1,3H3/b9-8+/t7-/m1/s1. The van der Waals surface area contributed by atoms with Gasteiger partial charge in [0.25, 0.3) is 0 Å². The lowest BCUT2D eigenvalue weighted by atomic mass is 10.1. The van der Waals surface area contributed by atoms with E-state index in [1.54, 1.807) is 7.11 Å². The second kappa shape index (κ2) is 5.66. The molecule has 70 valence electrons. The van der Waals surface area contributed by atoms with E-state index in [9.17, 15) is 5.11 Å². The number of methoxy groups -OCH3 is 1. The van der Waals surface area contributed by atoms with Gasteiger partial charge >= 0.3 is 0 Å². The Bertz CT molecular complexity index is 171. The molecule has 0 radical (unpaired) electrons. The van der Waals surface area contributed by atoms with E-state index >= 15 is 0 Å². The van der Waals surface area contributed by atoms with Crippen molar-refractivity contribution >= 4 is 0 Å². The third kappa shape index (κ3) is 3.44. The van der Waals surface area contributed by atoms with Crippen LogP contribution in [0.3, 0.4) is 0 Å². The molecule has 12 heavy (non-hydrogen) atoms. The molecular weight excluding hydrogens is 154 g/mol. The van der Waals surface area contributed by atoms with Gasteiger partial charge < -0.3 is 15.6 Å². The van der Waals surface area contributed by atoms with Crippen LogP contribution in [0.2, 0.25) is 0 Å². The number of hydrogen-bond acceptors (Lipinski definition) is 3. The summed E-state index contributed by atoms with van der Waals surface area (Å²) in [4.78, 5) is 0. The van der Waals surface area contributed by atoms with Crippen LogP contribution in [0.1, 0.15) is 19.8 Å². The Morgan fingerprint density at radius 1 is 1.75 bits per heavy atom. The second-order valence-corrected chi connectivity index (χ2v) is 2.58. The van der Waals surface area contributed by atoms with Gasteiger partial charge in [-0.15, -0.1) is 0 Å². The van der Waals surface area contributed by atoms with Gasteiger partial charge in [0.1, 0.15) is 5.76 Å². The minimum atomic E-state index is 0.0310. The number of allylic oxidation sites excluding steroid dienone is 1. The summed E-state index contributed by atoms with van der Waals surface area (Å²) >= 11 is 0. The van der Waals surface area contributed by atoms with E-state index in [0.29, 0.717) is 12.1 Å². The van der Waals surface area contributed by atoms with E-state index in [0.717, 1.165) is 6.42 Å². The van der Waals surface area contributed by atoms with Crippen molar-refractivity contribution < 1.29 is 9.84 Å². The van der Waals surface area contributed by atoms with Crippen LogP contribution >= 0.6 is 0 Å². The van der Waals surface area contributed by atoms with Gasteiger partial charge in [0, 0.05) is 13.5 Å². The van der Waals surface area contributed by atoms with Crippen molar-refractivity contribution in [3.8, 4) is 0 Å². The van der Waals surface area contributed by atoms with Gasteiger partial charge in [0.2, 0.25) is 0 Å². The van der Waals surface area contributed by atoms with Crippen molar-refractivity contribution in [2.45, 2.75) is 25.9 Å². The molecular formula is C9H17NO2. The summed E-state index contributed by atoms with van der Waals surface area (Å²) in [5.74, 6) is 0.152. The van der Waals surface area contributed by atoms with E-state index in [-0.39, 0.29) is 11.9 Å². The summed E-state index contributed by atoms with van der Waals surface area (Å²) in [5, 5.41) is 9.35. The van der Waals surface area contributed by atoms with Gasteiger partial charge in [0.15, 0.2) is 0 Å². The van der Waals surface area contributed by atoms with Crippen molar-refractivity contribution in [1.82, 2.24) is 0 Å². The van der Waals surface area contributed by atoms with Crippen molar-refractivity contribution in [2.75, 3.05) is 7.11 Å². The summed E-state index contributed by atoms with van der Waals surface area (Å²) in [6.07, 6.45) is 2.76. The highest BCUT2D eigenvalue weighted by atomic mass is 16.5. The molecule has 0 aliphatic carbocycles. The fraction of sp³-hybridized carbons (Fsp3) is 0.556. The molecule has 3 nitrogen and oxygen atoms in total. The fourth-order valence-corrected chi connectivity index (χ4v) is 0.846. The van der Waals surface area contributed by atoms with Crippen LogP contribution in [0.5, 0.6) is 0 Å². The quantitative estimate of drug-likeness (QED) is 0.489. The Morgan fingerprint density at radius 3 is 2.67 bits per heavy atom. The predicted octanol–water partition coefficient (Wildman–Crippen LogP) is 1.72. The maximum Gasteiger partial charge on any atom is 0.118 e. The Kier molecular flexibility index (Phi) is 5.21. The molecule has 0 saturated heterocycles. The first-order chi connectivity index (χ1) is 5.65. The zero-order valence-electron chi connectivity index (χ0n) is 7.71. The smallest absolute Gasteiger partial charge is 0.118 e. The predicted molar refractivity (Wildman–Crippen MR) is 49.7 cm³/mol. The number of nitrogens with two attached hydrogens (primary N) is 1. The Balaban J connectivity index is 4.14. The Morgan fingerprint density at radius 2 is 2.33 bits per heavy atom. The van der Waals surface area contributed by atoms with E-state index in [1.165, 1.54) is 6.08 Å². The summed E-state index contributed by atoms with van der Waals surface area (Å²) in [5.41, 5.74) is 5.75. The number of ether oxygens (including phenoxy) is 1. The first-order valence-electron chi connectivity index (χ1n) is 3.98. The molecule has 0 bridgehead atoms.